The first kappa shape index (κ1) is 23.2. The molecule has 0 radical (unpaired) electrons. The fourth-order valence-corrected chi connectivity index (χ4v) is 4.60. The van der Waals surface area contributed by atoms with Crippen molar-refractivity contribution in [1.29, 1.82) is 0 Å². The van der Waals surface area contributed by atoms with Gasteiger partial charge in [0, 0.05) is 64.6 Å². The minimum Gasteiger partial charge on any atom is -0.390 e. The third-order valence-electron chi connectivity index (χ3n) is 6.49. The zero-order valence-corrected chi connectivity index (χ0v) is 19.2. The van der Waals surface area contributed by atoms with Crippen LogP contribution in [0.1, 0.15) is 41.3 Å². The molecule has 1 fully saturated rings. The van der Waals surface area contributed by atoms with E-state index in [0.29, 0.717) is 12.1 Å². The van der Waals surface area contributed by atoms with E-state index in [2.05, 4.69) is 38.7 Å². The maximum absolute atomic E-state index is 12.6. The molecule has 0 saturated carbocycles. The Morgan fingerprint density at radius 3 is 2.67 bits per heavy atom. The van der Waals surface area contributed by atoms with E-state index in [-0.39, 0.29) is 24.4 Å². The summed E-state index contributed by atoms with van der Waals surface area (Å²) in [5, 5.41) is 16.7. The number of carbonyl (C=O) groups excluding carboxylic acids is 2. The minimum atomic E-state index is -0.639. The highest BCUT2D eigenvalue weighted by Crippen LogP contribution is 2.19. The Hall–Kier alpha value is -2.97. The van der Waals surface area contributed by atoms with E-state index in [1.807, 2.05) is 11.0 Å². The highest BCUT2D eigenvalue weighted by molar-refractivity contribution is 5.94. The Bertz CT molecular complexity index is 974. The maximum Gasteiger partial charge on any atom is 0.253 e. The maximum atomic E-state index is 12.6. The standard InChI is InChI=1S/C25H33N5O3/c1-18(31)30-10-7-22(8-11-30)28-23-12-21(13-26-14-23)25(33)27-15-24(32)17-29-9-6-19-4-2-3-5-20(19)16-29/h2-5,12-14,22,24,28,32H,6-11,15-17H2,1H3,(H,27,33). The molecule has 1 atom stereocenters. The van der Waals surface area contributed by atoms with E-state index >= 15 is 0 Å². The molecule has 8 nitrogen and oxygen atoms in total. The van der Waals surface area contributed by atoms with E-state index in [0.717, 1.165) is 51.1 Å². The Morgan fingerprint density at radius 1 is 1.15 bits per heavy atom. The summed E-state index contributed by atoms with van der Waals surface area (Å²) < 4.78 is 0. The summed E-state index contributed by atoms with van der Waals surface area (Å²) in [6, 6.07) is 10.4. The quantitative estimate of drug-likeness (QED) is 0.592. The van der Waals surface area contributed by atoms with E-state index in [9.17, 15) is 14.7 Å². The highest BCUT2D eigenvalue weighted by Gasteiger charge is 2.21. The number of aromatic nitrogens is 1. The van der Waals surface area contributed by atoms with Crippen LogP contribution in [0.25, 0.3) is 0 Å². The molecule has 1 aromatic heterocycles. The number of anilines is 1. The van der Waals surface area contributed by atoms with Crippen molar-refractivity contribution in [3.63, 3.8) is 0 Å². The number of amides is 2. The lowest BCUT2D eigenvalue weighted by Crippen LogP contribution is -2.42. The van der Waals surface area contributed by atoms with Crippen LogP contribution in [0.4, 0.5) is 5.69 Å². The molecule has 2 aliphatic rings. The summed E-state index contributed by atoms with van der Waals surface area (Å²) in [6.07, 6.45) is 5.31. The summed E-state index contributed by atoms with van der Waals surface area (Å²) in [6.45, 7) is 5.52. The second-order valence-electron chi connectivity index (χ2n) is 9.00. The van der Waals surface area contributed by atoms with Crippen LogP contribution in [0.15, 0.2) is 42.7 Å². The third kappa shape index (κ3) is 6.30. The first-order valence-electron chi connectivity index (χ1n) is 11.7. The van der Waals surface area contributed by atoms with Gasteiger partial charge in [0.05, 0.1) is 17.4 Å². The molecule has 176 valence electrons. The van der Waals surface area contributed by atoms with Crippen LogP contribution in [-0.2, 0) is 17.8 Å². The van der Waals surface area contributed by atoms with Crippen molar-refractivity contribution in [2.45, 2.75) is 44.9 Å². The number of rotatable bonds is 7. The lowest BCUT2D eigenvalue weighted by Gasteiger charge is -2.32. The van der Waals surface area contributed by atoms with Crippen molar-refractivity contribution in [2.75, 3.05) is 38.0 Å². The molecule has 33 heavy (non-hydrogen) atoms. The molecule has 1 saturated heterocycles. The zero-order valence-electron chi connectivity index (χ0n) is 19.2. The van der Waals surface area contributed by atoms with Gasteiger partial charge in [-0.3, -0.25) is 19.5 Å². The van der Waals surface area contributed by atoms with Gasteiger partial charge in [0.1, 0.15) is 0 Å². The molecular formula is C25H33N5O3. The number of aliphatic hydroxyl groups is 1. The molecule has 3 heterocycles. The van der Waals surface area contributed by atoms with Gasteiger partial charge in [0.2, 0.25) is 5.91 Å². The molecule has 0 spiro atoms. The van der Waals surface area contributed by atoms with Crippen LogP contribution in [0, 0.1) is 0 Å². The Labute approximate surface area is 195 Å². The Morgan fingerprint density at radius 2 is 1.91 bits per heavy atom. The number of hydrogen-bond donors (Lipinski definition) is 3. The van der Waals surface area contributed by atoms with Crippen LogP contribution in [0.2, 0.25) is 0 Å². The van der Waals surface area contributed by atoms with Crippen LogP contribution in [0.3, 0.4) is 0 Å². The van der Waals surface area contributed by atoms with Gasteiger partial charge in [0.15, 0.2) is 0 Å². The fraction of sp³-hybridized carbons (Fsp3) is 0.480. The lowest BCUT2D eigenvalue weighted by atomic mass is 10.00. The van der Waals surface area contributed by atoms with Crippen molar-refractivity contribution in [3.05, 3.63) is 59.4 Å². The van der Waals surface area contributed by atoms with Crippen LogP contribution in [0.5, 0.6) is 0 Å². The number of nitrogens with one attached hydrogen (secondary N) is 2. The van der Waals surface area contributed by atoms with Gasteiger partial charge < -0.3 is 20.6 Å². The molecule has 1 aromatic carbocycles. The average molecular weight is 452 g/mol. The van der Waals surface area contributed by atoms with Crippen molar-refractivity contribution >= 4 is 17.5 Å². The first-order chi connectivity index (χ1) is 16.0. The largest absolute Gasteiger partial charge is 0.390 e. The second kappa shape index (κ2) is 10.8. The van der Waals surface area contributed by atoms with Gasteiger partial charge in [-0.2, -0.15) is 0 Å². The summed E-state index contributed by atoms with van der Waals surface area (Å²) in [7, 11) is 0. The average Bonchev–Trinajstić information content (AvgIpc) is 2.83. The number of piperidine rings is 1. The molecule has 0 bridgehead atoms. The van der Waals surface area contributed by atoms with Gasteiger partial charge in [-0.05, 0) is 36.5 Å². The fourth-order valence-electron chi connectivity index (χ4n) is 4.60. The smallest absolute Gasteiger partial charge is 0.253 e. The van der Waals surface area contributed by atoms with Crippen LogP contribution in [-0.4, -0.2) is 76.6 Å². The number of carbonyl (C=O) groups is 2. The number of aliphatic hydroxyl groups excluding tert-OH is 1. The van der Waals surface area contributed by atoms with E-state index in [4.69, 9.17) is 0 Å². The summed E-state index contributed by atoms with van der Waals surface area (Å²) in [5.74, 6) is -0.137. The summed E-state index contributed by atoms with van der Waals surface area (Å²) in [5.41, 5.74) is 3.93. The van der Waals surface area contributed by atoms with E-state index in [1.54, 1.807) is 19.2 Å². The Balaban J connectivity index is 1.23. The number of pyridine rings is 1. The second-order valence-corrected chi connectivity index (χ2v) is 9.00. The molecular weight excluding hydrogens is 418 g/mol. The van der Waals surface area contributed by atoms with Crippen LogP contribution < -0.4 is 10.6 Å². The van der Waals surface area contributed by atoms with Crippen molar-refractivity contribution < 1.29 is 14.7 Å². The molecule has 4 rings (SSSR count). The molecule has 8 heteroatoms. The number of fused-ring (bicyclic) bond motifs is 1. The summed E-state index contributed by atoms with van der Waals surface area (Å²) >= 11 is 0. The number of benzene rings is 1. The summed E-state index contributed by atoms with van der Waals surface area (Å²) in [4.78, 5) is 32.4. The zero-order chi connectivity index (χ0) is 23.2. The SMILES string of the molecule is CC(=O)N1CCC(Nc2cncc(C(=O)NCC(O)CN3CCc4ccccc4C3)c2)CC1. The molecule has 1 unspecified atom stereocenters. The van der Waals surface area contributed by atoms with Gasteiger partial charge in [-0.1, -0.05) is 24.3 Å². The number of hydrogen-bond acceptors (Lipinski definition) is 6. The number of likely N-dealkylation sites (tertiary alicyclic amines) is 1. The van der Waals surface area contributed by atoms with Crippen LogP contribution >= 0.6 is 0 Å². The number of nitrogens with zero attached hydrogens (tertiary/aromatic N) is 3. The topological polar surface area (TPSA) is 97.8 Å². The normalized spacial score (nSPS) is 17.8. The molecule has 2 amide bonds. The van der Waals surface area contributed by atoms with Crippen molar-refractivity contribution in [2.24, 2.45) is 0 Å². The monoisotopic (exact) mass is 451 g/mol. The highest BCUT2D eigenvalue weighted by atomic mass is 16.3. The van der Waals surface area contributed by atoms with Gasteiger partial charge in [-0.15, -0.1) is 0 Å². The lowest BCUT2D eigenvalue weighted by molar-refractivity contribution is -0.129. The molecule has 0 aliphatic carbocycles. The Kier molecular flexibility index (Phi) is 7.57. The predicted octanol–water partition coefficient (Wildman–Crippen LogP) is 1.65. The third-order valence-corrected chi connectivity index (χ3v) is 6.49. The molecule has 2 aromatic rings. The van der Waals surface area contributed by atoms with E-state index in [1.165, 1.54) is 17.3 Å². The van der Waals surface area contributed by atoms with Crippen molar-refractivity contribution in [3.8, 4) is 0 Å². The predicted molar refractivity (Wildman–Crippen MR) is 127 cm³/mol. The van der Waals surface area contributed by atoms with Gasteiger partial charge >= 0.3 is 0 Å². The molecule has 2 aliphatic heterocycles. The number of β-amino-alcohol motifs (C(OH)–C–C–N with tert-alkyl or cyclic N) is 1. The molecule has 3 N–H and O–H groups in total. The van der Waals surface area contributed by atoms with Gasteiger partial charge in [0.25, 0.3) is 5.91 Å². The van der Waals surface area contributed by atoms with Gasteiger partial charge in [-0.25, -0.2) is 0 Å². The van der Waals surface area contributed by atoms with Crippen molar-refractivity contribution in [1.82, 2.24) is 20.1 Å². The minimum absolute atomic E-state index is 0.112. The first-order valence-corrected chi connectivity index (χ1v) is 11.7. The van der Waals surface area contributed by atoms with E-state index < -0.39 is 6.10 Å².